The van der Waals surface area contributed by atoms with Crippen LogP contribution in [0.2, 0.25) is 0 Å². The maximum absolute atomic E-state index is 12.5. The minimum absolute atomic E-state index is 0.0129. The van der Waals surface area contributed by atoms with Gasteiger partial charge in [0, 0.05) is 5.56 Å². The average molecular weight is 362 g/mol. The molecule has 122 valence electrons. The number of hydrogen-bond donors (Lipinski definition) is 0. The zero-order valence-corrected chi connectivity index (χ0v) is 14.8. The predicted molar refractivity (Wildman–Crippen MR) is 105 cm³/mol. The van der Waals surface area contributed by atoms with Gasteiger partial charge < -0.3 is 4.74 Å². The number of carbonyl (C=O) groups is 1. The average Bonchev–Trinajstić information content (AvgIpc) is 3.36. The van der Waals surface area contributed by atoms with Crippen LogP contribution in [0.25, 0.3) is 11.5 Å². The molecule has 4 heteroatoms. The standard InChI is InChI=1S/C21H14O2S2/c22-17(16-6-2-1-3-7-16)12-15-13-18(20-8-4-10-24-20)23-19(14-15)21-9-5-11-25-21/h1-14H. The fourth-order valence-electron chi connectivity index (χ4n) is 2.52. The molecule has 2 nitrogen and oxygen atoms in total. The predicted octanol–water partition coefficient (Wildman–Crippen LogP) is 6.03. The topological polar surface area (TPSA) is 26.3 Å². The first-order valence-corrected chi connectivity index (χ1v) is 9.55. The number of rotatable bonds is 4. The molecule has 0 unspecified atom stereocenters. The summed E-state index contributed by atoms with van der Waals surface area (Å²) in [6, 6.07) is 17.3. The fraction of sp³-hybridized carbons (Fsp3) is 0. The largest absolute Gasteiger partial charge is 0.454 e. The minimum Gasteiger partial charge on any atom is -0.454 e. The summed E-state index contributed by atoms with van der Waals surface area (Å²) in [7, 11) is 0. The van der Waals surface area contributed by atoms with Crippen LogP contribution in [0.3, 0.4) is 0 Å². The van der Waals surface area contributed by atoms with Gasteiger partial charge in [-0.25, -0.2) is 0 Å². The van der Waals surface area contributed by atoms with E-state index in [1.807, 2.05) is 77.5 Å². The highest BCUT2D eigenvalue weighted by Gasteiger charge is 2.17. The van der Waals surface area contributed by atoms with Gasteiger partial charge in [0.1, 0.15) is 11.5 Å². The van der Waals surface area contributed by atoms with Crippen LogP contribution in [0.15, 0.2) is 89.2 Å². The van der Waals surface area contributed by atoms with Crippen molar-refractivity contribution in [1.29, 1.82) is 0 Å². The highest BCUT2D eigenvalue weighted by Crippen LogP contribution is 2.35. The van der Waals surface area contributed by atoms with Crippen molar-refractivity contribution in [2.24, 2.45) is 0 Å². The van der Waals surface area contributed by atoms with Crippen molar-refractivity contribution in [2.45, 2.75) is 0 Å². The van der Waals surface area contributed by atoms with Gasteiger partial charge in [0.05, 0.1) is 9.75 Å². The quantitative estimate of drug-likeness (QED) is 0.418. The third kappa shape index (κ3) is 3.55. The molecule has 0 spiro atoms. The van der Waals surface area contributed by atoms with Crippen LogP contribution in [0.5, 0.6) is 0 Å². The Hall–Kier alpha value is -2.69. The normalized spacial score (nSPS) is 13.7. The van der Waals surface area contributed by atoms with Crippen molar-refractivity contribution in [3.63, 3.8) is 0 Å². The molecule has 0 saturated carbocycles. The first-order chi connectivity index (χ1) is 12.3. The molecule has 0 aliphatic carbocycles. The molecule has 0 atom stereocenters. The maximum atomic E-state index is 12.5. The Labute approximate surface area is 154 Å². The summed E-state index contributed by atoms with van der Waals surface area (Å²) >= 11 is 3.23. The molecular weight excluding hydrogens is 348 g/mol. The van der Waals surface area contributed by atoms with E-state index in [4.69, 9.17) is 4.74 Å². The zero-order chi connectivity index (χ0) is 17.1. The monoisotopic (exact) mass is 362 g/mol. The molecule has 1 aliphatic rings. The van der Waals surface area contributed by atoms with Crippen LogP contribution < -0.4 is 0 Å². The van der Waals surface area contributed by atoms with E-state index in [-0.39, 0.29) is 5.78 Å². The van der Waals surface area contributed by atoms with Crippen LogP contribution in [0.4, 0.5) is 0 Å². The highest BCUT2D eigenvalue weighted by atomic mass is 32.1. The van der Waals surface area contributed by atoms with E-state index < -0.39 is 0 Å². The minimum atomic E-state index is -0.0129. The summed E-state index contributed by atoms with van der Waals surface area (Å²) in [5.74, 6) is 1.53. The van der Waals surface area contributed by atoms with Gasteiger partial charge in [-0.2, -0.15) is 0 Å². The van der Waals surface area contributed by atoms with Gasteiger partial charge in [-0.3, -0.25) is 4.79 Å². The number of hydrogen-bond acceptors (Lipinski definition) is 4. The van der Waals surface area contributed by atoms with Gasteiger partial charge in [0.2, 0.25) is 0 Å². The van der Waals surface area contributed by atoms with Crippen LogP contribution in [0, 0.1) is 0 Å². The Morgan fingerprint density at radius 3 is 1.92 bits per heavy atom. The van der Waals surface area contributed by atoms with Gasteiger partial charge in [-0.1, -0.05) is 42.5 Å². The Morgan fingerprint density at radius 1 is 0.800 bits per heavy atom. The zero-order valence-electron chi connectivity index (χ0n) is 13.2. The number of allylic oxidation sites excluding steroid dienone is 4. The molecule has 0 bridgehead atoms. The molecule has 0 N–H and O–H groups in total. The van der Waals surface area contributed by atoms with Crippen LogP contribution >= 0.6 is 22.7 Å². The summed E-state index contributed by atoms with van der Waals surface area (Å²) in [6.45, 7) is 0. The lowest BCUT2D eigenvalue weighted by atomic mass is 10.1. The lowest BCUT2D eigenvalue weighted by Gasteiger charge is -2.16. The van der Waals surface area contributed by atoms with Crippen molar-refractivity contribution in [2.75, 3.05) is 0 Å². The molecule has 0 fully saturated rings. The van der Waals surface area contributed by atoms with Crippen molar-refractivity contribution in [3.8, 4) is 0 Å². The molecule has 0 amide bonds. The van der Waals surface area contributed by atoms with Gasteiger partial charge in [0.25, 0.3) is 0 Å². The van der Waals surface area contributed by atoms with Gasteiger partial charge in [-0.15, -0.1) is 22.7 Å². The number of thiophene rings is 2. The van der Waals surface area contributed by atoms with E-state index in [1.165, 1.54) is 0 Å². The van der Waals surface area contributed by atoms with E-state index in [2.05, 4.69) is 0 Å². The van der Waals surface area contributed by atoms with Crippen LogP contribution in [0.1, 0.15) is 20.1 Å². The molecule has 3 aromatic rings. The summed E-state index contributed by atoms with van der Waals surface area (Å²) in [5, 5.41) is 4.03. The number of benzene rings is 1. The molecule has 2 aromatic heterocycles. The second-order valence-corrected chi connectivity index (χ2v) is 7.34. The van der Waals surface area contributed by atoms with Crippen molar-refractivity contribution >= 4 is 40.0 Å². The fourth-order valence-corrected chi connectivity index (χ4v) is 3.88. The molecule has 25 heavy (non-hydrogen) atoms. The van der Waals surface area contributed by atoms with Crippen LogP contribution in [-0.2, 0) is 4.74 Å². The highest BCUT2D eigenvalue weighted by molar-refractivity contribution is 7.11. The Kier molecular flexibility index (Phi) is 4.46. The van der Waals surface area contributed by atoms with Gasteiger partial charge in [0.15, 0.2) is 5.78 Å². The van der Waals surface area contributed by atoms with Crippen molar-refractivity contribution in [3.05, 3.63) is 104 Å². The Bertz CT molecular complexity index is 908. The Morgan fingerprint density at radius 2 is 1.40 bits per heavy atom. The SMILES string of the molecule is O=C(C=C1C=C(c2cccs2)OC(c2cccs2)=C1)c1ccccc1. The molecule has 3 heterocycles. The van der Waals surface area contributed by atoms with E-state index in [1.54, 1.807) is 28.7 Å². The summed E-state index contributed by atoms with van der Waals surface area (Å²) in [5.41, 5.74) is 1.52. The van der Waals surface area contributed by atoms with Crippen LogP contribution in [-0.4, -0.2) is 5.78 Å². The number of carbonyl (C=O) groups excluding carboxylic acids is 1. The van der Waals surface area contributed by atoms with E-state index in [0.717, 1.165) is 26.8 Å². The molecule has 1 aromatic carbocycles. The third-order valence-corrected chi connectivity index (χ3v) is 5.47. The van der Waals surface area contributed by atoms with Gasteiger partial charge >= 0.3 is 0 Å². The van der Waals surface area contributed by atoms with Crippen molar-refractivity contribution in [1.82, 2.24) is 0 Å². The lowest BCUT2D eigenvalue weighted by molar-refractivity contribution is 0.104. The Balaban J connectivity index is 1.73. The number of ether oxygens (including phenoxy) is 1. The van der Waals surface area contributed by atoms with E-state index in [0.29, 0.717) is 5.56 Å². The van der Waals surface area contributed by atoms with E-state index >= 15 is 0 Å². The molecule has 1 aliphatic heterocycles. The summed E-state index contributed by atoms with van der Waals surface area (Å²) in [6.07, 6.45) is 5.51. The first-order valence-electron chi connectivity index (χ1n) is 7.80. The van der Waals surface area contributed by atoms with Crippen molar-refractivity contribution < 1.29 is 9.53 Å². The molecule has 0 saturated heterocycles. The molecular formula is C21H14O2S2. The third-order valence-electron chi connectivity index (χ3n) is 3.70. The summed E-state index contributed by atoms with van der Waals surface area (Å²) < 4.78 is 6.08. The van der Waals surface area contributed by atoms with E-state index in [9.17, 15) is 4.79 Å². The maximum Gasteiger partial charge on any atom is 0.186 e. The molecule has 0 radical (unpaired) electrons. The lowest BCUT2D eigenvalue weighted by Crippen LogP contribution is -2.00. The second-order valence-electron chi connectivity index (χ2n) is 5.45. The second kappa shape index (κ2) is 7.05. The number of ketones is 1. The molecule has 4 rings (SSSR count). The van der Waals surface area contributed by atoms with Gasteiger partial charge in [-0.05, 0) is 46.7 Å². The smallest absolute Gasteiger partial charge is 0.186 e. The summed E-state index contributed by atoms with van der Waals surface area (Å²) in [4.78, 5) is 14.6. The first kappa shape index (κ1) is 15.8.